The lowest BCUT2D eigenvalue weighted by atomic mass is 9.85. The van der Waals surface area contributed by atoms with Gasteiger partial charge in [-0.15, -0.1) is 0 Å². The van der Waals surface area contributed by atoms with Crippen molar-refractivity contribution in [1.82, 2.24) is 14.5 Å². The van der Waals surface area contributed by atoms with Crippen LogP contribution in [-0.4, -0.2) is 15.1 Å². The molecule has 0 radical (unpaired) electrons. The normalized spacial score (nSPS) is 19.7. The lowest BCUT2D eigenvalue weighted by Gasteiger charge is -2.29. The first-order valence-corrected chi connectivity index (χ1v) is 19.9. The smallest absolute Gasteiger partial charge is 0.209 e. The van der Waals surface area contributed by atoms with E-state index in [1.54, 1.807) is 0 Å². The maximum absolute atomic E-state index is 6.29. The van der Waals surface area contributed by atoms with E-state index in [9.17, 15) is 0 Å². The summed E-state index contributed by atoms with van der Waals surface area (Å²) in [6.45, 7) is 0. The molecule has 4 heterocycles. The molecule has 4 aromatic carbocycles. The van der Waals surface area contributed by atoms with E-state index < -0.39 is 0 Å². The van der Waals surface area contributed by atoms with Crippen molar-refractivity contribution in [2.75, 3.05) is 0 Å². The van der Waals surface area contributed by atoms with Gasteiger partial charge in [-0.25, -0.2) is 4.99 Å². The molecule has 0 fully saturated rings. The van der Waals surface area contributed by atoms with Crippen LogP contribution in [0.25, 0.3) is 51.0 Å². The molecule has 5 nitrogen and oxygen atoms in total. The molecule has 55 heavy (non-hydrogen) atoms. The van der Waals surface area contributed by atoms with Crippen molar-refractivity contribution in [3.8, 4) is 0 Å². The predicted octanol–water partition coefficient (Wildman–Crippen LogP) is 11.9. The van der Waals surface area contributed by atoms with E-state index in [4.69, 9.17) is 9.41 Å². The highest BCUT2D eigenvalue weighted by atomic mass is 16.3. The minimum Gasteiger partial charge on any atom is -0.460 e. The zero-order chi connectivity index (χ0) is 36.0. The highest BCUT2D eigenvalue weighted by Crippen LogP contribution is 2.44. The SMILES string of the molecule is C1=CCC(n2c3c(c4ccccc42)C=C(C2=Cc4c(n(C5=Nc6ccccc6C(c6ccc7oc8c(c7c6)C=CCC8)N5)c5ccccc45)CC2)CC3)C=C1. The molecule has 1 N–H and O–H groups in total. The largest absolute Gasteiger partial charge is 0.460 e. The number of furan rings is 1. The van der Waals surface area contributed by atoms with Crippen LogP contribution in [0.5, 0.6) is 0 Å². The minimum absolute atomic E-state index is 0.0541. The number of para-hydroxylation sites is 3. The van der Waals surface area contributed by atoms with Crippen LogP contribution in [0.2, 0.25) is 0 Å². The Hall–Kier alpha value is -6.33. The van der Waals surface area contributed by atoms with Crippen LogP contribution in [0.3, 0.4) is 0 Å². The number of hydrogen-bond acceptors (Lipinski definition) is 3. The van der Waals surface area contributed by atoms with Gasteiger partial charge in [0.15, 0.2) is 0 Å². The van der Waals surface area contributed by atoms with Gasteiger partial charge in [0.1, 0.15) is 11.3 Å². The molecular weight excluding hydrogens is 673 g/mol. The monoisotopic (exact) mass is 712 g/mol. The van der Waals surface area contributed by atoms with Crippen molar-refractivity contribution in [3.63, 3.8) is 0 Å². The topological polar surface area (TPSA) is 47.4 Å². The number of nitrogens with zero attached hydrogens (tertiary/aromatic N) is 3. The molecule has 1 aliphatic heterocycles. The molecule has 2 unspecified atom stereocenters. The van der Waals surface area contributed by atoms with Gasteiger partial charge in [-0.1, -0.05) is 97.1 Å². The maximum atomic E-state index is 6.29. The molecule has 3 aromatic heterocycles. The second-order valence-electron chi connectivity index (χ2n) is 15.6. The Kier molecular flexibility index (Phi) is 6.83. The second kappa shape index (κ2) is 12.1. The molecule has 0 bridgehead atoms. The standard InChI is InChI=1S/C50H40N4O/c1-2-12-34(13-3-1)53-43-19-9-5-14-35(43)39-28-31(22-25-45(39)53)32-23-26-46-40(29-32)36-15-6-10-20-44(36)54(46)50-51-42-18-8-4-17-38(42)49(52-50)33-24-27-48-41(30-33)37-16-7-11-21-47(37)55-48/h1-10,12,14-20,24,27-30,34,49H,11,13,21-23,25-26H2,(H,51,52). The molecule has 12 rings (SSSR count). The van der Waals surface area contributed by atoms with Gasteiger partial charge < -0.3 is 14.3 Å². The zero-order valence-corrected chi connectivity index (χ0v) is 30.6. The molecule has 0 amide bonds. The molecule has 2 atom stereocenters. The highest BCUT2D eigenvalue weighted by Gasteiger charge is 2.31. The van der Waals surface area contributed by atoms with Crippen molar-refractivity contribution < 1.29 is 4.42 Å². The van der Waals surface area contributed by atoms with Crippen LogP contribution in [-0.2, 0) is 19.3 Å². The third-order valence-corrected chi connectivity index (χ3v) is 12.6. The van der Waals surface area contributed by atoms with Crippen LogP contribution in [0.4, 0.5) is 5.69 Å². The lowest BCUT2D eigenvalue weighted by Crippen LogP contribution is -2.37. The quantitative estimate of drug-likeness (QED) is 0.198. The highest BCUT2D eigenvalue weighted by molar-refractivity contribution is 6.03. The number of aryl methyl sites for hydroxylation is 1. The van der Waals surface area contributed by atoms with Crippen molar-refractivity contribution in [1.29, 1.82) is 0 Å². The summed E-state index contributed by atoms with van der Waals surface area (Å²) in [6.07, 6.45) is 25.7. The summed E-state index contributed by atoms with van der Waals surface area (Å²) in [6, 6.07) is 33.5. The van der Waals surface area contributed by atoms with Gasteiger partial charge in [0.05, 0.1) is 23.3 Å². The molecule has 5 heteroatoms. The number of rotatable bonds is 3. The number of aromatic nitrogens is 2. The third-order valence-electron chi connectivity index (χ3n) is 12.6. The van der Waals surface area contributed by atoms with E-state index in [2.05, 4.69) is 154 Å². The predicted molar refractivity (Wildman–Crippen MR) is 226 cm³/mol. The number of hydrogen-bond donors (Lipinski definition) is 1. The van der Waals surface area contributed by atoms with E-state index >= 15 is 0 Å². The van der Waals surface area contributed by atoms with E-state index in [1.165, 1.54) is 77.5 Å². The molecule has 0 spiro atoms. The number of fused-ring (bicyclic) bond motifs is 10. The fraction of sp³-hybridized carbons (Fsp3) is 0.180. The van der Waals surface area contributed by atoms with E-state index in [1.807, 2.05) is 0 Å². The van der Waals surface area contributed by atoms with Crippen LogP contribution in [0.1, 0.15) is 82.7 Å². The molecule has 0 saturated heterocycles. The minimum atomic E-state index is -0.0541. The van der Waals surface area contributed by atoms with Crippen LogP contribution in [0.15, 0.2) is 142 Å². The van der Waals surface area contributed by atoms with Crippen LogP contribution in [0, 0.1) is 0 Å². The van der Waals surface area contributed by atoms with E-state index in [0.29, 0.717) is 6.04 Å². The Balaban J connectivity index is 0.959. The summed E-state index contributed by atoms with van der Waals surface area (Å²) in [5, 5.41) is 7.79. The van der Waals surface area contributed by atoms with Gasteiger partial charge in [0, 0.05) is 61.7 Å². The molecular formula is C50H40N4O. The summed E-state index contributed by atoms with van der Waals surface area (Å²) in [7, 11) is 0. The summed E-state index contributed by atoms with van der Waals surface area (Å²) in [5.74, 6) is 1.98. The van der Waals surface area contributed by atoms with Crippen LogP contribution >= 0.6 is 0 Å². The van der Waals surface area contributed by atoms with Crippen molar-refractivity contribution in [2.24, 2.45) is 4.99 Å². The van der Waals surface area contributed by atoms with Gasteiger partial charge in [0.25, 0.3) is 0 Å². The fourth-order valence-electron chi connectivity index (χ4n) is 10.1. The fourth-order valence-corrected chi connectivity index (χ4v) is 10.1. The van der Waals surface area contributed by atoms with Gasteiger partial charge in [0.2, 0.25) is 5.96 Å². The summed E-state index contributed by atoms with van der Waals surface area (Å²) in [4.78, 5) is 5.34. The number of allylic oxidation sites excluding steroid dienone is 7. The average Bonchev–Trinajstić information content (AvgIpc) is 3.90. The number of nitrogens with one attached hydrogen (secondary N) is 1. The second-order valence-corrected chi connectivity index (χ2v) is 15.6. The Morgan fingerprint density at radius 2 is 1.44 bits per heavy atom. The number of aliphatic imine (C=N–C) groups is 1. The van der Waals surface area contributed by atoms with Gasteiger partial charge >= 0.3 is 0 Å². The van der Waals surface area contributed by atoms with Crippen molar-refractivity contribution in [3.05, 3.63) is 177 Å². The van der Waals surface area contributed by atoms with Gasteiger partial charge in [-0.2, -0.15) is 0 Å². The molecule has 4 aliphatic carbocycles. The molecule has 7 aromatic rings. The third kappa shape index (κ3) is 4.75. The van der Waals surface area contributed by atoms with E-state index in [-0.39, 0.29) is 6.04 Å². The Morgan fingerprint density at radius 3 is 2.29 bits per heavy atom. The maximum Gasteiger partial charge on any atom is 0.209 e. The summed E-state index contributed by atoms with van der Waals surface area (Å²) in [5.41, 5.74) is 16.6. The van der Waals surface area contributed by atoms with Crippen molar-refractivity contribution >= 4 is 62.7 Å². The first-order valence-electron chi connectivity index (χ1n) is 19.9. The Bertz CT molecular complexity index is 2950. The zero-order valence-electron chi connectivity index (χ0n) is 30.6. The first kappa shape index (κ1) is 31.1. The Morgan fingerprint density at radius 1 is 0.673 bits per heavy atom. The van der Waals surface area contributed by atoms with Gasteiger partial charge in [-0.3, -0.25) is 4.57 Å². The average molecular weight is 713 g/mol. The molecule has 5 aliphatic rings. The van der Waals surface area contributed by atoms with Gasteiger partial charge in [-0.05, 0) is 97.7 Å². The van der Waals surface area contributed by atoms with E-state index in [0.717, 1.165) is 67.9 Å². The summed E-state index contributed by atoms with van der Waals surface area (Å²) < 4.78 is 11.3. The van der Waals surface area contributed by atoms with Crippen molar-refractivity contribution in [2.45, 2.75) is 57.0 Å². The lowest BCUT2D eigenvalue weighted by molar-refractivity contribution is 0.546. The number of benzene rings is 4. The Labute approximate surface area is 320 Å². The van der Waals surface area contributed by atoms with Crippen LogP contribution < -0.4 is 5.32 Å². The molecule has 266 valence electrons. The molecule has 0 saturated carbocycles. The summed E-state index contributed by atoms with van der Waals surface area (Å²) >= 11 is 0. The first-order chi connectivity index (χ1) is 27.3.